The lowest BCUT2D eigenvalue weighted by Crippen LogP contribution is -2.41. The van der Waals surface area contributed by atoms with Gasteiger partial charge in [0.15, 0.2) is 0 Å². The Kier molecular flexibility index (Phi) is 7.35. The maximum absolute atomic E-state index is 12.1. The summed E-state index contributed by atoms with van der Waals surface area (Å²) < 4.78 is 42.4. The number of nitrogen functional groups attached to an aromatic ring is 1. The van der Waals surface area contributed by atoms with E-state index in [0.29, 0.717) is 0 Å². The van der Waals surface area contributed by atoms with Gasteiger partial charge in [0.25, 0.3) is 5.56 Å². The van der Waals surface area contributed by atoms with Gasteiger partial charge in [-0.2, -0.15) is 18.2 Å². The summed E-state index contributed by atoms with van der Waals surface area (Å²) in [5.41, 5.74) is 4.49. The zero-order valence-electron chi connectivity index (χ0n) is 15.3. The fourth-order valence-electron chi connectivity index (χ4n) is 2.69. The van der Waals surface area contributed by atoms with Gasteiger partial charge in [0.2, 0.25) is 11.9 Å². The summed E-state index contributed by atoms with van der Waals surface area (Å²) >= 11 is 0. The molecule has 1 fully saturated rings. The first-order chi connectivity index (χ1) is 14.0. The van der Waals surface area contributed by atoms with Crippen LogP contribution in [0.4, 0.5) is 19.1 Å². The average molecular weight is 439 g/mol. The maximum atomic E-state index is 12.1. The first-order valence-corrected chi connectivity index (χ1v) is 8.56. The van der Waals surface area contributed by atoms with Crippen molar-refractivity contribution in [2.75, 3.05) is 25.4 Å². The van der Waals surface area contributed by atoms with Crippen LogP contribution in [0.2, 0.25) is 0 Å². The molecule has 1 aliphatic heterocycles. The van der Waals surface area contributed by atoms with E-state index in [0.717, 1.165) is 10.8 Å². The predicted octanol–water partition coefficient (Wildman–Crippen LogP) is -3.23. The SMILES string of the molecule is Nc1nc(=O)c([C@@H]2O[C@H](CO)C(O)[C@@H]2O)cn1CC(=O)NCCNC(=O)C(F)(F)F. The van der Waals surface area contributed by atoms with Crippen LogP contribution >= 0.6 is 0 Å². The second-order valence-corrected chi connectivity index (χ2v) is 6.35. The number of nitrogens with zero attached hydrogens (tertiary/aromatic N) is 2. The number of halogens is 3. The summed E-state index contributed by atoms with van der Waals surface area (Å²) in [4.78, 5) is 38.2. The molecule has 2 rings (SSSR count). The highest BCUT2D eigenvalue weighted by atomic mass is 19.4. The molecule has 1 saturated heterocycles. The van der Waals surface area contributed by atoms with Crippen LogP contribution in [0.15, 0.2) is 11.0 Å². The highest BCUT2D eigenvalue weighted by Gasteiger charge is 2.44. The van der Waals surface area contributed by atoms with Crippen molar-refractivity contribution in [3.8, 4) is 0 Å². The first kappa shape index (κ1) is 23.5. The molecule has 7 N–H and O–H groups in total. The van der Waals surface area contributed by atoms with Crippen LogP contribution in [-0.2, 0) is 20.9 Å². The van der Waals surface area contributed by atoms with Crippen LogP contribution < -0.4 is 21.9 Å². The second-order valence-electron chi connectivity index (χ2n) is 6.35. The standard InChI is InChI=1S/C15H20F3N5O7/c16-15(17,18)13(29)21-2-1-20-8(25)4-23-3-6(12(28)22-14(23)19)11-10(27)9(26)7(5-24)30-11/h3,7,9-11,24,26-27H,1-2,4-5H2,(H,20,25)(H,21,29)(H2,19,22,28)/t7-,9?,10+,11+/m1/s1. The fourth-order valence-corrected chi connectivity index (χ4v) is 2.69. The molecular weight excluding hydrogens is 419 g/mol. The number of aliphatic hydroxyl groups excluding tert-OH is 3. The molecular formula is C15H20F3N5O7. The van der Waals surface area contributed by atoms with Crippen molar-refractivity contribution < 1.29 is 42.8 Å². The zero-order chi connectivity index (χ0) is 22.6. The van der Waals surface area contributed by atoms with E-state index in [1.165, 1.54) is 0 Å². The lowest BCUT2D eigenvalue weighted by Gasteiger charge is -2.17. The van der Waals surface area contributed by atoms with E-state index in [2.05, 4.69) is 10.3 Å². The third-order valence-electron chi connectivity index (χ3n) is 4.21. The minimum Gasteiger partial charge on any atom is -0.394 e. The van der Waals surface area contributed by atoms with Crippen LogP contribution in [0.25, 0.3) is 0 Å². The Labute approximate surface area is 166 Å². The Bertz CT molecular complexity index is 847. The number of hydrogen-bond acceptors (Lipinski definition) is 9. The number of hydrogen-bond donors (Lipinski definition) is 6. The van der Waals surface area contributed by atoms with Gasteiger partial charge in [-0.05, 0) is 0 Å². The Morgan fingerprint density at radius 2 is 1.87 bits per heavy atom. The Morgan fingerprint density at radius 1 is 1.23 bits per heavy atom. The number of carbonyl (C=O) groups excluding carboxylic acids is 2. The minimum absolute atomic E-state index is 0.225. The zero-order valence-corrected chi connectivity index (χ0v) is 15.3. The van der Waals surface area contributed by atoms with Gasteiger partial charge in [0.05, 0.1) is 12.2 Å². The van der Waals surface area contributed by atoms with E-state index in [1.807, 2.05) is 0 Å². The molecule has 12 nitrogen and oxygen atoms in total. The molecule has 0 saturated carbocycles. The van der Waals surface area contributed by atoms with E-state index in [4.69, 9.17) is 15.6 Å². The van der Waals surface area contributed by atoms with Crippen LogP contribution in [0.1, 0.15) is 11.7 Å². The highest BCUT2D eigenvalue weighted by Crippen LogP contribution is 2.31. The van der Waals surface area contributed by atoms with Gasteiger partial charge in [-0.3, -0.25) is 14.4 Å². The second kappa shape index (κ2) is 9.38. The number of alkyl halides is 3. The van der Waals surface area contributed by atoms with E-state index >= 15 is 0 Å². The van der Waals surface area contributed by atoms with Crippen LogP contribution in [0.3, 0.4) is 0 Å². The molecule has 4 atom stereocenters. The third-order valence-corrected chi connectivity index (χ3v) is 4.21. The molecule has 0 bridgehead atoms. The number of amides is 2. The normalized spacial score (nSPS) is 23.9. The number of rotatable bonds is 7. The number of ether oxygens (including phenoxy) is 1. The van der Waals surface area contributed by atoms with Gasteiger partial charge >= 0.3 is 12.1 Å². The highest BCUT2D eigenvalue weighted by molar-refractivity contribution is 5.81. The summed E-state index contributed by atoms with van der Waals surface area (Å²) in [6.45, 7) is -1.89. The van der Waals surface area contributed by atoms with Crippen molar-refractivity contribution in [1.82, 2.24) is 20.2 Å². The number of nitrogens with two attached hydrogens (primary N) is 1. The average Bonchev–Trinajstić information content (AvgIpc) is 2.94. The molecule has 0 radical (unpaired) electrons. The quantitative estimate of drug-likeness (QED) is 0.237. The molecule has 0 aliphatic carbocycles. The molecule has 15 heteroatoms. The lowest BCUT2D eigenvalue weighted by atomic mass is 10.0. The Balaban J connectivity index is 2.01. The fraction of sp³-hybridized carbons (Fsp3) is 0.600. The van der Waals surface area contributed by atoms with Gasteiger partial charge < -0.3 is 41.0 Å². The first-order valence-electron chi connectivity index (χ1n) is 8.56. The van der Waals surface area contributed by atoms with E-state index in [1.54, 1.807) is 5.32 Å². The number of aliphatic hydroxyl groups is 3. The number of carbonyl (C=O) groups is 2. The minimum atomic E-state index is -5.04. The Hall–Kier alpha value is -2.75. The van der Waals surface area contributed by atoms with E-state index in [-0.39, 0.29) is 18.1 Å². The molecule has 2 heterocycles. The van der Waals surface area contributed by atoms with Crippen molar-refractivity contribution >= 4 is 17.8 Å². The van der Waals surface area contributed by atoms with Gasteiger partial charge in [0, 0.05) is 19.3 Å². The van der Waals surface area contributed by atoms with Gasteiger partial charge in [0.1, 0.15) is 31.0 Å². The topological polar surface area (TPSA) is 189 Å². The maximum Gasteiger partial charge on any atom is 0.471 e. The van der Waals surface area contributed by atoms with Crippen LogP contribution in [0.5, 0.6) is 0 Å². The lowest BCUT2D eigenvalue weighted by molar-refractivity contribution is -0.173. The molecule has 30 heavy (non-hydrogen) atoms. The number of nitrogens with one attached hydrogen (secondary N) is 2. The summed E-state index contributed by atoms with van der Waals surface area (Å²) in [6, 6.07) is 0. The third kappa shape index (κ3) is 5.44. The van der Waals surface area contributed by atoms with Crippen molar-refractivity contribution in [2.45, 2.75) is 37.1 Å². The number of anilines is 1. The van der Waals surface area contributed by atoms with E-state index in [9.17, 15) is 37.8 Å². The summed E-state index contributed by atoms with van der Waals surface area (Å²) in [6.07, 6.45) is -9.42. The smallest absolute Gasteiger partial charge is 0.394 e. The van der Waals surface area contributed by atoms with Gasteiger partial charge in [-0.15, -0.1) is 0 Å². The van der Waals surface area contributed by atoms with Crippen LogP contribution in [-0.4, -0.2) is 80.9 Å². The van der Waals surface area contributed by atoms with Crippen molar-refractivity contribution in [3.63, 3.8) is 0 Å². The van der Waals surface area contributed by atoms with Gasteiger partial charge in [-0.25, -0.2) is 0 Å². The summed E-state index contributed by atoms with van der Waals surface area (Å²) in [5, 5.41) is 32.8. The largest absolute Gasteiger partial charge is 0.471 e. The van der Waals surface area contributed by atoms with Crippen molar-refractivity contribution in [1.29, 1.82) is 0 Å². The van der Waals surface area contributed by atoms with Gasteiger partial charge in [-0.1, -0.05) is 0 Å². The molecule has 0 aromatic carbocycles. The van der Waals surface area contributed by atoms with E-state index < -0.39 is 67.7 Å². The molecule has 168 valence electrons. The molecule has 1 aromatic heterocycles. The van der Waals surface area contributed by atoms with Crippen LogP contribution in [0, 0.1) is 0 Å². The van der Waals surface area contributed by atoms with Crippen molar-refractivity contribution in [2.24, 2.45) is 0 Å². The predicted molar refractivity (Wildman–Crippen MR) is 91.7 cm³/mol. The summed E-state index contributed by atoms with van der Waals surface area (Å²) in [7, 11) is 0. The molecule has 1 unspecified atom stereocenters. The molecule has 2 amide bonds. The molecule has 1 aromatic rings. The molecule has 1 aliphatic rings. The summed E-state index contributed by atoms with van der Waals surface area (Å²) in [5.74, 6) is -3.23. The van der Waals surface area contributed by atoms with Crippen molar-refractivity contribution in [3.05, 3.63) is 22.1 Å². The Morgan fingerprint density at radius 3 is 2.43 bits per heavy atom. The number of aromatic nitrogens is 2. The monoisotopic (exact) mass is 439 g/mol. The molecule has 0 spiro atoms.